The highest BCUT2D eigenvalue weighted by molar-refractivity contribution is 5.09. The molecule has 172 valence electrons. The second kappa shape index (κ2) is 7.52. The van der Waals surface area contributed by atoms with Gasteiger partial charge in [0.05, 0.1) is 0 Å². The van der Waals surface area contributed by atoms with Gasteiger partial charge < -0.3 is 0 Å². The van der Waals surface area contributed by atoms with E-state index in [1.807, 2.05) is 0 Å². The maximum absolute atomic E-state index is 2.77. The SMILES string of the molecule is CC(C)C1(CC[C@@H](C)[C@H]2CC[C@H]3[C@@H]4CC[C@H]5CCCC[C@]5(C)[C@H]4CC[C@]23C)CC1C. The van der Waals surface area contributed by atoms with Crippen molar-refractivity contribution in [3.63, 3.8) is 0 Å². The molecule has 0 N–H and O–H groups in total. The quantitative estimate of drug-likeness (QED) is 0.422. The Hall–Kier alpha value is 0. The van der Waals surface area contributed by atoms with Crippen LogP contribution < -0.4 is 0 Å². The molecule has 0 amide bonds. The molecule has 5 saturated carbocycles. The summed E-state index contributed by atoms with van der Waals surface area (Å²) in [6.45, 7) is 15.7. The van der Waals surface area contributed by atoms with Crippen molar-refractivity contribution in [3.05, 3.63) is 0 Å². The normalized spacial score (nSPS) is 53.7. The van der Waals surface area contributed by atoms with Crippen LogP contribution in [0.15, 0.2) is 0 Å². The van der Waals surface area contributed by atoms with Crippen molar-refractivity contribution in [2.24, 2.45) is 63.6 Å². The molecule has 2 unspecified atom stereocenters. The molecule has 10 atom stereocenters. The van der Waals surface area contributed by atoms with Crippen LogP contribution in [-0.4, -0.2) is 0 Å². The topological polar surface area (TPSA) is 0 Å². The van der Waals surface area contributed by atoms with Crippen molar-refractivity contribution >= 4 is 0 Å². The van der Waals surface area contributed by atoms with E-state index in [0.717, 1.165) is 47.3 Å². The van der Waals surface area contributed by atoms with Crippen LogP contribution in [0, 0.1) is 63.6 Å². The Morgan fingerprint density at radius 1 is 0.800 bits per heavy atom. The van der Waals surface area contributed by atoms with Gasteiger partial charge >= 0.3 is 0 Å². The van der Waals surface area contributed by atoms with Crippen LogP contribution in [0.3, 0.4) is 0 Å². The minimum Gasteiger partial charge on any atom is -0.0622 e. The molecule has 5 fully saturated rings. The lowest BCUT2D eigenvalue weighted by Crippen LogP contribution is -2.53. The van der Waals surface area contributed by atoms with Crippen LogP contribution in [0.2, 0.25) is 0 Å². The molecule has 0 aromatic carbocycles. The molecule has 0 radical (unpaired) electrons. The van der Waals surface area contributed by atoms with Crippen LogP contribution in [0.1, 0.15) is 125 Å². The van der Waals surface area contributed by atoms with Crippen molar-refractivity contribution in [3.8, 4) is 0 Å². The lowest BCUT2D eigenvalue weighted by atomic mass is 9.44. The van der Waals surface area contributed by atoms with Crippen molar-refractivity contribution in [1.82, 2.24) is 0 Å². The minimum absolute atomic E-state index is 0.665. The Morgan fingerprint density at radius 2 is 1.53 bits per heavy atom. The van der Waals surface area contributed by atoms with E-state index < -0.39 is 0 Å². The van der Waals surface area contributed by atoms with Crippen molar-refractivity contribution in [1.29, 1.82) is 0 Å². The number of hydrogen-bond donors (Lipinski definition) is 0. The summed E-state index contributed by atoms with van der Waals surface area (Å²) in [4.78, 5) is 0. The van der Waals surface area contributed by atoms with E-state index >= 15 is 0 Å². The zero-order valence-corrected chi connectivity index (χ0v) is 21.3. The van der Waals surface area contributed by atoms with Gasteiger partial charge in [-0.25, -0.2) is 0 Å². The monoisotopic (exact) mass is 412 g/mol. The van der Waals surface area contributed by atoms with Gasteiger partial charge in [0.1, 0.15) is 0 Å². The highest BCUT2D eigenvalue weighted by Crippen LogP contribution is 2.69. The average molecular weight is 413 g/mol. The van der Waals surface area contributed by atoms with E-state index in [2.05, 4.69) is 41.5 Å². The summed E-state index contributed by atoms with van der Waals surface area (Å²) in [6.07, 6.45) is 20.1. The van der Waals surface area contributed by atoms with Gasteiger partial charge in [-0.15, -0.1) is 0 Å². The van der Waals surface area contributed by atoms with E-state index in [-0.39, 0.29) is 0 Å². The molecular weight excluding hydrogens is 360 g/mol. The smallest absolute Gasteiger partial charge is 0.0246 e. The van der Waals surface area contributed by atoms with Crippen LogP contribution in [0.25, 0.3) is 0 Å². The largest absolute Gasteiger partial charge is 0.0622 e. The van der Waals surface area contributed by atoms with E-state index in [4.69, 9.17) is 0 Å². The number of hydrogen-bond acceptors (Lipinski definition) is 0. The van der Waals surface area contributed by atoms with Crippen LogP contribution in [0.5, 0.6) is 0 Å². The number of fused-ring (bicyclic) bond motifs is 5. The van der Waals surface area contributed by atoms with E-state index in [9.17, 15) is 0 Å². The van der Waals surface area contributed by atoms with Crippen molar-refractivity contribution in [2.75, 3.05) is 0 Å². The van der Waals surface area contributed by atoms with Crippen molar-refractivity contribution in [2.45, 2.75) is 125 Å². The third-order valence-electron chi connectivity index (χ3n) is 13.1. The van der Waals surface area contributed by atoms with Crippen LogP contribution in [-0.2, 0) is 0 Å². The predicted octanol–water partition coefficient (Wildman–Crippen LogP) is 9.13. The van der Waals surface area contributed by atoms with Gasteiger partial charge in [0.25, 0.3) is 0 Å². The number of rotatable bonds is 5. The Balaban J connectivity index is 1.28. The molecule has 0 aromatic rings. The minimum atomic E-state index is 0.665. The lowest BCUT2D eigenvalue weighted by Gasteiger charge is -2.61. The lowest BCUT2D eigenvalue weighted by molar-refractivity contribution is -0.114. The third-order valence-corrected chi connectivity index (χ3v) is 13.1. The van der Waals surface area contributed by atoms with Gasteiger partial charge in [-0.2, -0.15) is 0 Å². The first-order valence-electron chi connectivity index (χ1n) is 14.2. The first-order valence-corrected chi connectivity index (χ1v) is 14.2. The summed E-state index contributed by atoms with van der Waals surface area (Å²) in [5.74, 6) is 8.10. The summed E-state index contributed by atoms with van der Waals surface area (Å²) >= 11 is 0. The first-order chi connectivity index (χ1) is 14.2. The van der Waals surface area contributed by atoms with E-state index in [1.54, 1.807) is 51.4 Å². The zero-order valence-electron chi connectivity index (χ0n) is 21.3. The first kappa shape index (κ1) is 21.8. The molecule has 0 nitrogen and oxygen atoms in total. The molecule has 0 spiro atoms. The van der Waals surface area contributed by atoms with Gasteiger partial charge in [0.2, 0.25) is 0 Å². The standard InChI is InChI=1S/C30H52/c1-20(2)30(19-22(30)4)18-14-21(3)25-12-13-26-24-11-10-23-9-7-8-16-28(23,5)27(24)15-17-29(25,26)6/h20-27H,7-19H2,1-6H3/t21-,22?,23-,24+,25-,26+,27+,28+,29-,30?/m1/s1. The Labute approximate surface area is 188 Å². The molecule has 0 heterocycles. The van der Waals surface area contributed by atoms with Crippen LogP contribution >= 0.6 is 0 Å². The average Bonchev–Trinajstić information content (AvgIpc) is 3.24. The Morgan fingerprint density at radius 3 is 2.23 bits per heavy atom. The zero-order chi connectivity index (χ0) is 21.3. The molecule has 0 saturated heterocycles. The molecule has 5 rings (SSSR count). The molecule has 30 heavy (non-hydrogen) atoms. The van der Waals surface area contributed by atoms with Gasteiger partial charge in [-0.05, 0) is 134 Å². The molecule has 0 heteroatoms. The fraction of sp³-hybridized carbons (Fsp3) is 1.00. The maximum Gasteiger partial charge on any atom is -0.0246 e. The van der Waals surface area contributed by atoms with Gasteiger partial charge in [-0.3, -0.25) is 0 Å². The molecule has 5 aliphatic carbocycles. The fourth-order valence-electron chi connectivity index (χ4n) is 10.9. The second-order valence-electron chi connectivity index (χ2n) is 14.1. The third kappa shape index (κ3) is 3.11. The summed E-state index contributed by atoms with van der Waals surface area (Å²) in [5.41, 5.74) is 2.08. The fourth-order valence-corrected chi connectivity index (χ4v) is 10.9. The van der Waals surface area contributed by atoms with E-state index in [0.29, 0.717) is 16.2 Å². The predicted molar refractivity (Wildman–Crippen MR) is 129 cm³/mol. The maximum atomic E-state index is 2.77. The molecular formula is C30H52. The van der Waals surface area contributed by atoms with Gasteiger partial charge in [-0.1, -0.05) is 54.4 Å². The van der Waals surface area contributed by atoms with Gasteiger partial charge in [0.15, 0.2) is 0 Å². The molecule has 5 aliphatic rings. The Kier molecular flexibility index (Phi) is 5.47. The highest BCUT2D eigenvalue weighted by atomic mass is 14.6. The highest BCUT2D eigenvalue weighted by Gasteiger charge is 2.60. The molecule has 0 aromatic heterocycles. The summed E-state index contributed by atoms with van der Waals surface area (Å²) in [6, 6.07) is 0. The Bertz CT molecular complexity index is 634. The summed E-state index contributed by atoms with van der Waals surface area (Å²) in [5, 5.41) is 0. The van der Waals surface area contributed by atoms with E-state index in [1.165, 1.54) is 32.1 Å². The van der Waals surface area contributed by atoms with Crippen LogP contribution in [0.4, 0.5) is 0 Å². The van der Waals surface area contributed by atoms with Gasteiger partial charge in [0, 0.05) is 0 Å². The summed E-state index contributed by atoms with van der Waals surface area (Å²) < 4.78 is 0. The summed E-state index contributed by atoms with van der Waals surface area (Å²) in [7, 11) is 0. The molecule has 0 aliphatic heterocycles. The van der Waals surface area contributed by atoms with Crippen molar-refractivity contribution < 1.29 is 0 Å². The molecule has 0 bridgehead atoms. The second-order valence-corrected chi connectivity index (χ2v) is 14.1.